The van der Waals surface area contributed by atoms with Crippen LogP contribution in [0, 0.1) is 0 Å². The van der Waals surface area contributed by atoms with Crippen LogP contribution in [-0.2, 0) is 11.3 Å². The van der Waals surface area contributed by atoms with E-state index < -0.39 is 0 Å². The van der Waals surface area contributed by atoms with Gasteiger partial charge in [0.05, 0.1) is 26.3 Å². The Morgan fingerprint density at radius 3 is 2.59 bits per heavy atom. The molecule has 1 aromatic carbocycles. The van der Waals surface area contributed by atoms with E-state index in [0.717, 1.165) is 0 Å². The van der Waals surface area contributed by atoms with Crippen LogP contribution in [-0.4, -0.2) is 46.2 Å². The Labute approximate surface area is 168 Å². The van der Waals surface area contributed by atoms with Gasteiger partial charge in [-0.15, -0.1) is 10.2 Å². The lowest BCUT2D eigenvalue weighted by molar-refractivity contribution is -0.120. The first-order valence-corrected chi connectivity index (χ1v) is 9.35. The summed E-state index contributed by atoms with van der Waals surface area (Å²) in [6.07, 6.45) is 1.82. The van der Waals surface area contributed by atoms with Gasteiger partial charge in [0, 0.05) is 11.8 Å². The molecule has 9 nitrogen and oxygen atoms in total. The van der Waals surface area contributed by atoms with E-state index in [1.54, 1.807) is 22.6 Å². The average Bonchev–Trinajstić information content (AvgIpc) is 3.15. The van der Waals surface area contributed by atoms with E-state index in [0.29, 0.717) is 41.7 Å². The van der Waals surface area contributed by atoms with Crippen LogP contribution in [0.2, 0.25) is 0 Å². The second kappa shape index (κ2) is 9.54. The van der Waals surface area contributed by atoms with Crippen LogP contribution in [0.5, 0.6) is 11.5 Å². The summed E-state index contributed by atoms with van der Waals surface area (Å²) < 4.78 is 12.8. The van der Waals surface area contributed by atoms with Gasteiger partial charge in [0.25, 0.3) is 5.91 Å². The van der Waals surface area contributed by atoms with E-state index in [4.69, 9.17) is 9.47 Å². The number of aromatic nitrogens is 3. The number of carbonyl (C=O) groups is 2. The molecule has 29 heavy (non-hydrogen) atoms. The molecule has 0 bridgehead atoms. The largest absolute Gasteiger partial charge is 0.490 e. The summed E-state index contributed by atoms with van der Waals surface area (Å²) in [4.78, 5) is 24.5. The minimum Gasteiger partial charge on any atom is -0.490 e. The van der Waals surface area contributed by atoms with E-state index >= 15 is 0 Å². The maximum Gasteiger partial charge on any atom is 0.251 e. The highest BCUT2D eigenvalue weighted by molar-refractivity contribution is 5.97. The fourth-order valence-corrected chi connectivity index (χ4v) is 2.71. The van der Waals surface area contributed by atoms with Crippen molar-refractivity contribution in [3.8, 4) is 11.5 Å². The van der Waals surface area contributed by atoms with E-state index in [1.165, 1.54) is 0 Å². The van der Waals surface area contributed by atoms with Crippen LogP contribution in [0.3, 0.4) is 0 Å². The first-order valence-electron chi connectivity index (χ1n) is 9.35. The van der Waals surface area contributed by atoms with Crippen LogP contribution >= 0.6 is 0 Å². The van der Waals surface area contributed by atoms with Crippen LogP contribution in [0.4, 0.5) is 0 Å². The second-order valence-corrected chi connectivity index (χ2v) is 6.03. The van der Waals surface area contributed by atoms with E-state index in [-0.39, 0.29) is 24.9 Å². The Kier molecular flexibility index (Phi) is 6.62. The standard InChI is InChI=1S/C20H23N5O4/c1-3-28-15-9-8-14(11-16(15)29-4-2)20(27)22-13-19(26)21-12-18-24-23-17-7-5-6-10-25(17)18/h5-11H,3-4,12-13H2,1-2H3,(H,21,26)(H,22,27). The zero-order chi connectivity index (χ0) is 20.6. The molecule has 0 radical (unpaired) electrons. The first-order chi connectivity index (χ1) is 14.1. The lowest BCUT2D eigenvalue weighted by Crippen LogP contribution is -2.36. The smallest absolute Gasteiger partial charge is 0.251 e. The zero-order valence-electron chi connectivity index (χ0n) is 16.3. The SMILES string of the molecule is CCOc1ccc(C(=O)NCC(=O)NCc2nnc3ccccn23)cc1OCC. The molecule has 0 saturated carbocycles. The lowest BCUT2D eigenvalue weighted by atomic mass is 10.2. The van der Waals surface area contributed by atoms with Crippen molar-refractivity contribution in [1.82, 2.24) is 25.2 Å². The molecular weight excluding hydrogens is 374 g/mol. The highest BCUT2D eigenvalue weighted by Gasteiger charge is 2.13. The van der Waals surface area contributed by atoms with E-state index in [2.05, 4.69) is 20.8 Å². The van der Waals surface area contributed by atoms with Gasteiger partial charge in [0.15, 0.2) is 23.0 Å². The quantitative estimate of drug-likeness (QED) is 0.568. The van der Waals surface area contributed by atoms with Crippen LogP contribution in [0.15, 0.2) is 42.6 Å². The van der Waals surface area contributed by atoms with E-state index in [9.17, 15) is 9.59 Å². The molecule has 0 aliphatic carbocycles. The second-order valence-electron chi connectivity index (χ2n) is 6.03. The summed E-state index contributed by atoms with van der Waals surface area (Å²) in [6, 6.07) is 10.5. The summed E-state index contributed by atoms with van der Waals surface area (Å²) in [6.45, 7) is 4.71. The molecule has 2 heterocycles. The van der Waals surface area contributed by atoms with Crippen LogP contribution < -0.4 is 20.1 Å². The van der Waals surface area contributed by atoms with Gasteiger partial charge >= 0.3 is 0 Å². The van der Waals surface area contributed by atoms with Gasteiger partial charge < -0.3 is 20.1 Å². The fourth-order valence-electron chi connectivity index (χ4n) is 2.71. The van der Waals surface area contributed by atoms with Crippen molar-refractivity contribution < 1.29 is 19.1 Å². The van der Waals surface area contributed by atoms with Gasteiger partial charge in [-0.2, -0.15) is 0 Å². The van der Waals surface area contributed by atoms with Crippen molar-refractivity contribution in [2.45, 2.75) is 20.4 Å². The molecule has 9 heteroatoms. The number of rotatable bonds is 9. The van der Waals surface area contributed by atoms with Crippen molar-refractivity contribution in [2.24, 2.45) is 0 Å². The Balaban J connectivity index is 1.54. The molecule has 152 valence electrons. The molecule has 0 spiro atoms. The van der Waals surface area contributed by atoms with Crippen molar-refractivity contribution in [3.05, 3.63) is 54.0 Å². The predicted octanol–water partition coefficient (Wildman–Crippen LogP) is 1.57. The number of ether oxygens (including phenoxy) is 2. The number of hydrogen-bond acceptors (Lipinski definition) is 6. The maximum atomic E-state index is 12.4. The number of carbonyl (C=O) groups excluding carboxylic acids is 2. The average molecular weight is 397 g/mol. The number of nitrogens with one attached hydrogen (secondary N) is 2. The molecule has 3 rings (SSSR count). The van der Waals surface area contributed by atoms with Crippen molar-refractivity contribution >= 4 is 17.5 Å². The van der Waals surface area contributed by atoms with Gasteiger partial charge in [0.2, 0.25) is 5.91 Å². The Morgan fingerprint density at radius 1 is 1.00 bits per heavy atom. The number of hydrogen-bond donors (Lipinski definition) is 2. The van der Waals surface area contributed by atoms with Crippen molar-refractivity contribution in [3.63, 3.8) is 0 Å². The predicted molar refractivity (Wildman–Crippen MR) is 106 cm³/mol. The number of amides is 2. The van der Waals surface area contributed by atoms with Gasteiger partial charge in [-0.1, -0.05) is 6.07 Å². The highest BCUT2D eigenvalue weighted by atomic mass is 16.5. The van der Waals surface area contributed by atoms with Crippen molar-refractivity contribution in [1.29, 1.82) is 0 Å². The molecule has 0 aliphatic heterocycles. The Hall–Kier alpha value is -3.62. The third-order valence-electron chi connectivity index (χ3n) is 4.04. The minimum atomic E-state index is -0.378. The maximum absolute atomic E-state index is 12.4. The van der Waals surface area contributed by atoms with Gasteiger partial charge in [-0.25, -0.2) is 0 Å². The molecule has 0 aliphatic rings. The Morgan fingerprint density at radius 2 is 1.79 bits per heavy atom. The molecule has 0 saturated heterocycles. The summed E-state index contributed by atoms with van der Waals surface area (Å²) in [5, 5.41) is 13.4. The molecule has 0 fully saturated rings. The van der Waals surface area contributed by atoms with Gasteiger partial charge in [-0.3, -0.25) is 14.0 Å². The molecule has 0 unspecified atom stereocenters. The number of nitrogens with zero attached hydrogens (tertiary/aromatic N) is 3. The minimum absolute atomic E-state index is 0.160. The third kappa shape index (κ3) is 5.01. The normalized spacial score (nSPS) is 10.6. The number of pyridine rings is 1. The molecule has 2 N–H and O–H groups in total. The van der Waals surface area contributed by atoms with Gasteiger partial charge in [-0.05, 0) is 44.2 Å². The summed E-state index contributed by atoms with van der Waals surface area (Å²) in [7, 11) is 0. The van der Waals surface area contributed by atoms with Gasteiger partial charge in [0.1, 0.15) is 0 Å². The summed E-state index contributed by atoms with van der Waals surface area (Å²) in [5.41, 5.74) is 1.08. The zero-order valence-corrected chi connectivity index (χ0v) is 16.3. The summed E-state index contributed by atoms with van der Waals surface area (Å²) in [5.74, 6) is 0.960. The lowest BCUT2D eigenvalue weighted by Gasteiger charge is -2.12. The summed E-state index contributed by atoms with van der Waals surface area (Å²) >= 11 is 0. The van der Waals surface area contributed by atoms with E-state index in [1.807, 2.05) is 38.2 Å². The molecular formula is C20H23N5O4. The molecule has 2 aromatic heterocycles. The first kappa shape index (κ1) is 20.1. The molecule has 2 amide bonds. The molecule has 0 atom stereocenters. The third-order valence-corrected chi connectivity index (χ3v) is 4.04. The topological polar surface area (TPSA) is 107 Å². The van der Waals surface area contributed by atoms with Crippen molar-refractivity contribution in [2.75, 3.05) is 19.8 Å². The fraction of sp³-hybridized carbons (Fsp3) is 0.300. The van der Waals surface area contributed by atoms with Crippen LogP contribution in [0.1, 0.15) is 30.0 Å². The highest BCUT2D eigenvalue weighted by Crippen LogP contribution is 2.28. The number of fused-ring (bicyclic) bond motifs is 1. The number of benzene rings is 1. The monoisotopic (exact) mass is 397 g/mol. The Bertz CT molecular complexity index is 1000. The molecule has 3 aromatic rings. The van der Waals surface area contributed by atoms with Crippen LogP contribution in [0.25, 0.3) is 5.65 Å².